The second-order valence-corrected chi connectivity index (χ2v) is 19.2. The summed E-state index contributed by atoms with van der Waals surface area (Å²) in [6.07, 6.45) is 4.66. The van der Waals surface area contributed by atoms with Gasteiger partial charge in [0.15, 0.2) is 0 Å². The monoisotopic (exact) mass is 963 g/mol. The molecule has 10 aromatic carbocycles. The van der Waals surface area contributed by atoms with Gasteiger partial charge in [0.25, 0.3) is 0 Å². The van der Waals surface area contributed by atoms with Crippen LogP contribution in [0, 0.1) is 48.5 Å². The average Bonchev–Trinajstić information content (AvgIpc) is 3.44. The van der Waals surface area contributed by atoms with Crippen LogP contribution in [0.25, 0.3) is 66.4 Å². The highest BCUT2D eigenvalue weighted by atomic mass is 14.2. The van der Waals surface area contributed by atoms with Crippen LogP contribution in [-0.2, 0) is 0 Å². The molecule has 0 spiro atoms. The molecule has 0 fully saturated rings. The highest BCUT2D eigenvalue weighted by Crippen LogP contribution is 2.40. The molecule has 0 aromatic heterocycles. The quantitative estimate of drug-likeness (QED) is 0.156. The second-order valence-electron chi connectivity index (χ2n) is 19.2. The molecular formula is C74H74. The van der Waals surface area contributed by atoms with Crippen LogP contribution < -0.4 is 0 Å². The van der Waals surface area contributed by atoms with E-state index in [0.29, 0.717) is 0 Å². The van der Waals surface area contributed by atoms with Crippen molar-refractivity contribution in [3.05, 3.63) is 298 Å². The van der Waals surface area contributed by atoms with Gasteiger partial charge in [-0.1, -0.05) is 267 Å². The Morgan fingerprint density at radius 1 is 0.284 bits per heavy atom. The van der Waals surface area contributed by atoms with Gasteiger partial charge in [-0.2, -0.15) is 0 Å². The maximum Gasteiger partial charge on any atom is -0.00990 e. The smallest absolute Gasteiger partial charge is 0.00990 e. The lowest BCUT2D eigenvalue weighted by Crippen LogP contribution is -2.00. The van der Waals surface area contributed by atoms with Gasteiger partial charge < -0.3 is 0 Å². The zero-order chi connectivity index (χ0) is 52.4. The molecule has 0 atom stereocenters. The van der Waals surface area contributed by atoms with Gasteiger partial charge in [0.1, 0.15) is 0 Å². The van der Waals surface area contributed by atoms with Crippen molar-refractivity contribution in [3.8, 4) is 44.5 Å². The first-order valence-electron chi connectivity index (χ1n) is 26.5. The van der Waals surface area contributed by atoms with E-state index in [9.17, 15) is 0 Å². The fourth-order valence-corrected chi connectivity index (χ4v) is 9.62. The molecule has 1 aliphatic carbocycles. The van der Waals surface area contributed by atoms with Crippen molar-refractivity contribution in [1.29, 1.82) is 0 Å². The molecule has 0 unspecified atom stereocenters. The summed E-state index contributed by atoms with van der Waals surface area (Å²) in [6, 6.07) is 84.3. The molecule has 74 heavy (non-hydrogen) atoms. The van der Waals surface area contributed by atoms with Crippen LogP contribution >= 0.6 is 0 Å². The minimum atomic E-state index is 1.13. The molecule has 370 valence electrons. The van der Waals surface area contributed by atoms with Gasteiger partial charge in [0, 0.05) is 0 Å². The Labute approximate surface area is 444 Å². The SMILES string of the molecule is CC.CC1=C(c2ccccc2C)CCC=C1c1ccc(C)cc1.Cc1ccc(-c2cc(-c3ccccc3C)c(C)c3ccccc23)cc1.Cc1ccc(-c2cccc(-c3ccccc3)c2)cc1.Cc1ccccc1. The fourth-order valence-electron chi connectivity index (χ4n) is 9.62. The second kappa shape index (κ2) is 26.6. The van der Waals surface area contributed by atoms with Crippen molar-refractivity contribution < 1.29 is 0 Å². The minimum absolute atomic E-state index is 1.13. The molecule has 0 heteroatoms. The Kier molecular flexibility index (Phi) is 19.3. The maximum atomic E-state index is 2.39. The van der Waals surface area contributed by atoms with Crippen LogP contribution in [0.2, 0.25) is 0 Å². The third-order valence-corrected chi connectivity index (χ3v) is 13.8. The first-order valence-corrected chi connectivity index (χ1v) is 26.5. The van der Waals surface area contributed by atoms with Gasteiger partial charge in [0.2, 0.25) is 0 Å². The van der Waals surface area contributed by atoms with Crippen molar-refractivity contribution in [2.75, 3.05) is 0 Å². The Morgan fingerprint density at radius 2 is 0.703 bits per heavy atom. The largest absolute Gasteiger partial charge is 0.0761 e. The predicted molar refractivity (Wildman–Crippen MR) is 326 cm³/mol. The standard InChI is InChI=1S/C25H22.C21H22.C19H16.C7H8.C2H6/c1-17-12-14-20(15-13-17)25-16-24(21-9-5-4-8-18(21)2)19(3)22-10-6-7-11-23(22)25;1-15-11-13-18(14-12-15)20-9-6-10-21(17(20)3)19-8-5-4-7-16(19)2;1-15-10-12-17(13-11-15)19-9-5-8-18(14-19)16-6-3-2-4-7-16;1-7-5-3-2-4-6-7;1-2/h4-16H,1-3H3;4-5,7-9,11-14H,6,10H2,1-3H3;2-14H,1H3;2-6H,1H3;1-2H3. The van der Waals surface area contributed by atoms with Crippen LogP contribution in [0.4, 0.5) is 0 Å². The molecule has 11 rings (SSSR count). The topological polar surface area (TPSA) is 0 Å². The molecule has 0 bridgehead atoms. The van der Waals surface area contributed by atoms with E-state index in [2.05, 4.69) is 274 Å². The lowest BCUT2D eigenvalue weighted by molar-refractivity contribution is 1.04. The van der Waals surface area contributed by atoms with Crippen LogP contribution in [-0.4, -0.2) is 0 Å². The van der Waals surface area contributed by atoms with Crippen LogP contribution in [0.5, 0.6) is 0 Å². The zero-order valence-corrected chi connectivity index (χ0v) is 45.5. The van der Waals surface area contributed by atoms with E-state index >= 15 is 0 Å². The first kappa shape index (κ1) is 53.7. The lowest BCUT2D eigenvalue weighted by Gasteiger charge is -2.21. The van der Waals surface area contributed by atoms with Gasteiger partial charge in [-0.25, -0.2) is 0 Å². The summed E-state index contributed by atoms with van der Waals surface area (Å²) in [6.45, 7) is 21.4. The van der Waals surface area contributed by atoms with Crippen LogP contribution in [0.3, 0.4) is 0 Å². The van der Waals surface area contributed by atoms with Gasteiger partial charge in [-0.15, -0.1) is 0 Å². The fraction of sp³-hybridized carbons (Fsp3) is 0.162. The van der Waals surface area contributed by atoms with Crippen LogP contribution in [0.1, 0.15) is 83.7 Å². The molecule has 0 radical (unpaired) electrons. The molecule has 0 N–H and O–H groups in total. The molecule has 0 heterocycles. The third kappa shape index (κ3) is 13.9. The van der Waals surface area contributed by atoms with Gasteiger partial charge >= 0.3 is 0 Å². The van der Waals surface area contributed by atoms with Crippen LogP contribution in [0.15, 0.2) is 248 Å². The third-order valence-electron chi connectivity index (χ3n) is 13.8. The summed E-state index contributed by atoms with van der Waals surface area (Å²) in [5.74, 6) is 0. The number of aryl methyl sites for hydroxylation is 7. The number of benzene rings is 10. The number of hydrogen-bond donors (Lipinski definition) is 0. The summed E-state index contributed by atoms with van der Waals surface area (Å²) < 4.78 is 0. The Hall–Kier alpha value is -8.06. The van der Waals surface area contributed by atoms with E-state index in [1.54, 1.807) is 0 Å². The average molecular weight is 963 g/mol. The molecular weight excluding hydrogens is 889 g/mol. The Morgan fingerprint density at radius 3 is 1.23 bits per heavy atom. The molecule has 0 saturated heterocycles. The summed E-state index contributed by atoms with van der Waals surface area (Å²) in [5.41, 5.74) is 26.6. The van der Waals surface area contributed by atoms with E-state index in [4.69, 9.17) is 0 Å². The lowest BCUT2D eigenvalue weighted by atomic mass is 9.83. The highest BCUT2D eigenvalue weighted by Gasteiger charge is 2.17. The highest BCUT2D eigenvalue weighted by molar-refractivity contribution is 6.03. The maximum absolute atomic E-state index is 2.39. The van der Waals surface area contributed by atoms with Crippen molar-refractivity contribution >= 4 is 21.9 Å². The van der Waals surface area contributed by atoms with Gasteiger partial charge in [-0.3, -0.25) is 0 Å². The van der Waals surface area contributed by atoms with E-state index in [1.807, 2.05) is 38.1 Å². The first-order chi connectivity index (χ1) is 36.0. The van der Waals surface area contributed by atoms with Gasteiger partial charge in [-0.05, 0) is 180 Å². The van der Waals surface area contributed by atoms with Crippen molar-refractivity contribution in [1.82, 2.24) is 0 Å². The van der Waals surface area contributed by atoms with Crippen molar-refractivity contribution in [2.24, 2.45) is 0 Å². The normalized spacial score (nSPS) is 11.6. The van der Waals surface area contributed by atoms with E-state index in [-0.39, 0.29) is 0 Å². The number of rotatable bonds is 6. The van der Waals surface area contributed by atoms with Crippen molar-refractivity contribution in [3.63, 3.8) is 0 Å². The molecule has 0 aliphatic heterocycles. The molecule has 0 amide bonds. The number of fused-ring (bicyclic) bond motifs is 1. The van der Waals surface area contributed by atoms with E-state index in [1.165, 1.54) is 122 Å². The zero-order valence-electron chi connectivity index (χ0n) is 45.5. The molecule has 10 aromatic rings. The number of hydrogen-bond acceptors (Lipinski definition) is 0. The summed E-state index contributed by atoms with van der Waals surface area (Å²) in [4.78, 5) is 0. The molecule has 0 saturated carbocycles. The van der Waals surface area contributed by atoms with Crippen molar-refractivity contribution in [2.45, 2.75) is 82.1 Å². The number of allylic oxidation sites excluding steroid dienone is 4. The summed E-state index contributed by atoms with van der Waals surface area (Å²) in [7, 11) is 0. The van der Waals surface area contributed by atoms with E-state index < -0.39 is 0 Å². The predicted octanol–water partition coefficient (Wildman–Crippen LogP) is 21.4. The Balaban J connectivity index is 0.000000151. The summed E-state index contributed by atoms with van der Waals surface area (Å²) in [5, 5.41) is 2.65. The molecule has 0 nitrogen and oxygen atoms in total. The van der Waals surface area contributed by atoms with Gasteiger partial charge in [0.05, 0.1) is 0 Å². The Bertz CT molecular complexity index is 3420. The molecule has 1 aliphatic rings. The van der Waals surface area contributed by atoms with E-state index in [0.717, 1.165) is 12.8 Å². The summed E-state index contributed by atoms with van der Waals surface area (Å²) >= 11 is 0. The minimum Gasteiger partial charge on any atom is -0.0761 e.